The van der Waals surface area contributed by atoms with Gasteiger partial charge in [0.15, 0.2) is 0 Å². The molecule has 0 aliphatic heterocycles. The normalized spacial score (nSPS) is 10.3. The average molecular weight is 262 g/mol. The summed E-state index contributed by atoms with van der Waals surface area (Å²) in [6, 6.07) is 7.62. The van der Waals surface area contributed by atoms with E-state index in [-0.39, 0.29) is 0 Å². The second-order valence-electron chi connectivity index (χ2n) is 4.19. The number of nitrogens with zero attached hydrogens (tertiary/aromatic N) is 1. The zero-order valence-electron chi connectivity index (χ0n) is 11.0. The van der Waals surface area contributed by atoms with Gasteiger partial charge in [0.1, 0.15) is 0 Å². The predicted molar refractivity (Wildman–Crippen MR) is 80.4 cm³/mol. The van der Waals surface area contributed by atoms with Gasteiger partial charge in [0, 0.05) is 17.7 Å². The standard InChI is InChI=1S/C16H20ClN/c1-2-3-4-5-6-7-8-13-18-14-15-9-11-16(17)12-10-15/h9-12,14H,2-6,13H2,1H3/b18-14+. The zero-order chi connectivity index (χ0) is 13.1. The molecule has 1 aromatic rings. The summed E-state index contributed by atoms with van der Waals surface area (Å²) in [4.78, 5) is 4.26. The van der Waals surface area contributed by atoms with Crippen molar-refractivity contribution in [3.63, 3.8) is 0 Å². The van der Waals surface area contributed by atoms with Crippen molar-refractivity contribution in [3.8, 4) is 11.8 Å². The van der Waals surface area contributed by atoms with Crippen LogP contribution in [0.3, 0.4) is 0 Å². The van der Waals surface area contributed by atoms with E-state index in [0.29, 0.717) is 6.54 Å². The van der Waals surface area contributed by atoms with E-state index in [9.17, 15) is 0 Å². The molecule has 0 fully saturated rings. The van der Waals surface area contributed by atoms with Crippen LogP contribution in [0.1, 0.15) is 44.6 Å². The number of unbranched alkanes of at least 4 members (excludes halogenated alkanes) is 4. The first kappa shape index (κ1) is 14.8. The van der Waals surface area contributed by atoms with Crippen LogP contribution < -0.4 is 0 Å². The van der Waals surface area contributed by atoms with E-state index in [4.69, 9.17) is 11.6 Å². The van der Waals surface area contributed by atoms with Gasteiger partial charge in [0.2, 0.25) is 0 Å². The first-order valence-corrected chi connectivity index (χ1v) is 6.92. The number of hydrogen-bond donors (Lipinski definition) is 0. The fourth-order valence-electron chi connectivity index (χ4n) is 1.53. The molecule has 0 saturated carbocycles. The highest BCUT2D eigenvalue weighted by Gasteiger charge is 1.87. The average Bonchev–Trinajstić information content (AvgIpc) is 2.39. The van der Waals surface area contributed by atoms with Crippen LogP contribution in [-0.4, -0.2) is 12.8 Å². The molecule has 1 rings (SSSR count). The predicted octanol–water partition coefficient (Wildman–Crippen LogP) is 4.73. The smallest absolute Gasteiger partial charge is 0.0997 e. The Morgan fingerprint density at radius 1 is 1.11 bits per heavy atom. The first-order valence-electron chi connectivity index (χ1n) is 6.54. The van der Waals surface area contributed by atoms with Crippen molar-refractivity contribution in [3.05, 3.63) is 34.9 Å². The maximum atomic E-state index is 5.80. The Bertz CT molecular complexity index is 409. The summed E-state index contributed by atoms with van der Waals surface area (Å²) in [5.74, 6) is 6.22. The van der Waals surface area contributed by atoms with Gasteiger partial charge in [-0.05, 0) is 24.1 Å². The van der Waals surface area contributed by atoms with E-state index < -0.39 is 0 Å². The molecule has 0 bridgehead atoms. The number of benzene rings is 1. The molecular weight excluding hydrogens is 242 g/mol. The van der Waals surface area contributed by atoms with Gasteiger partial charge in [-0.15, -0.1) is 5.92 Å². The lowest BCUT2D eigenvalue weighted by Crippen LogP contribution is -1.82. The van der Waals surface area contributed by atoms with Gasteiger partial charge in [-0.25, -0.2) is 0 Å². The van der Waals surface area contributed by atoms with Gasteiger partial charge in [0.25, 0.3) is 0 Å². The van der Waals surface area contributed by atoms with Crippen LogP contribution in [0.5, 0.6) is 0 Å². The van der Waals surface area contributed by atoms with Gasteiger partial charge in [-0.1, -0.05) is 55.8 Å². The van der Waals surface area contributed by atoms with Crippen LogP contribution in [0.4, 0.5) is 0 Å². The minimum atomic E-state index is 0.580. The summed E-state index contributed by atoms with van der Waals surface area (Å²) in [7, 11) is 0. The molecule has 0 aliphatic rings. The molecule has 0 N–H and O–H groups in total. The summed E-state index contributed by atoms with van der Waals surface area (Å²) in [5, 5.41) is 0.749. The van der Waals surface area contributed by atoms with Crippen molar-refractivity contribution in [2.24, 2.45) is 4.99 Å². The van der Waals surface area contributed by atoms with Crippen molar-refractivity contribution in [2.75, 3.05) is 6.54 Å². The second kappa shape index (κ2) is 9.74. The fraction of sp³-hybridized carbons (Fsp3) is 0.438. The maximum Gasteiger partial charge on any atom is 0.0997 e. The summed E-state index contributed by atoms with van der Waals surface area (Å²) in [6.45, 7) is 2.80. The molecule has 96 valence electrons. The Kier molecular flexibility index (Phi) is 8.01. The van der Waals surface area contributed by atoms with Crippen LogP contribution in [0.2, 0.25) is 5.02 Å². The SMILES string of the molecule is CCCCCCC#CC/N=C/c1ccc(Cl)cc1. The third-order valence-corrected chi connectivity index (χ3v) is 2.81. The molecule has 0 heterocycles. The Labute approximate surface area is 115 Å². The van der Waals surface area contributed by atoms with Crippen LogP contribution in [0, 0.1) is 11.8 Å². The highest BCUT2D eigenvalue weighted by molar-refractivity contribution is 6.30. The molecule has 2 heteroatoms. The van der Waals surface area contributed by atoms with Crippen LogP contribution >= 0.6 is 11.6 Å². The Morgan fingerprint density at radius 2 is 1.89 bits per heavy atom. The second-order valence-corrected chi connectivity index (χ2v) is 4.62. The largest absolute Gasteiger partial charge is 0.280 e. The van der Waals surface area contributed by atoms with E-state index in [1.165, 1.54) is 25.7 Å². The van der Waals surface area contributed by atoms with E-state index in [1.54, 1.807) is 0 Å². The van der Waals surface area contributed by atoms with Crippen molar-refractivity contribution < 1.29 is 0 Å². The molecule has 0 unspecified atom stereocenters. The molecule has 0 atom stereocenters. The number of rotatable bonds is 6. The highest BCUT2D eigenvalue weighted by Crippen LogP contribution is 2.07. The van der Waals surface area contributed by atoms with E-state index in [1.807, 2.05) is 30.5 Å². The summed E-state index contributed by atoms with van der Waals surface area (Å²) in [6.07, 6.45) is 7.93. The van der Waals surface area contributed by atoms with Gasteiger partial charge in [0.05, 0.1) is 6.54 Å². The van der Waals surface area contributed by atoms with Gasteiger partial charge in [-0.2, -0.15) is 0 Å². The molecule has 0 amide bonds. The van der Waals surface area contributed by atoms with Gasteiger partial charge < -0.3 is 0 Å². The lowest BCUT2D eigenvalue weighted by atomic mass is 10.2. The number of aliphatic imine (C=N–C) groups is 1. The molecule has 0 aromatic heterocycles. The topological polar surface area (TPSA) is 12.4 Å². The van der Waals surface area contributed by atoms with Crippen molar-refractivity contribution >= 4 is 17.8 Å². The first-order chi connectivity index (χ1) is 8.83. The third-order valence-electron chi connectivity index (χ3n) is 2.56. The van der Waals surface area contributed by atoms with Crippen LogP contribution in [0.25, 0.3) is 0 Å². The quantitative estimate of drug-likeness (QED) is 0.399. The lowest BCUT2D eigenvalue weighted by molar-refractivity contribution is 0.679. The molecule has 0 spiro atoms. The molecular formula is C16H20ClN. The van der Waals surface area contributed by atoms with Gasteiger partial charge >= 0.3 is 0 Å². The van der Waals surface area contributed by atoms with E-state index in [2.05, 4.69) is 23.8 Å². The van der Waals surface area contributed by atoms with Gasteiger partial charge in [-0.3, -0.25) is 4.99 Å². The summed E-state index contributed by atoms with van der Waals surface area (Å²) in [5.41, 5.74) is 1.06. The summed E-state index contributed by atoms with van der Waals surface area (Å²) < 4.78 is 0. The fourth-order valence-corrected chi connectivity index (χ4v) is 1.66. The van der Waals surface area contributed by atoms with Crippen molar-refractivity contribution in [1.82, 2.24) is 0 Å². The Balaban J connectivity index is 2.17. The highest BCUT2D eigenvalue weighted by atomic mass is 35.5. The summed E-state index contributed by atoms with van der Waals surface area (Å²) >= 11 is 5.80. The van der Waals surface area contributed by atoms with E-state index >= 15 is 0 Å². The number of hydrogen-bond acceptors (Lipinski definition) is 1. The Hall–Kier alpha value is -1.26. The Morgan fingerprint density at radius 3 is 2.61 bits per heavy atom. The minimum Gasteiger partial charge on any atom is -0.280 e. The maximum absolute atomic E-state index is 5.80. The lowest BCUT2D eigenvalue weighted by Gasteiger charge is -1.92. The molecule has 1 nitrogen and oxygen atoms in total. The zero-order valence-corrected chi connectivity index (χ0v) is 11.7. The monoisotopic (exact) mass is 261 g/mol. The molecule has 0 aliphatic carbocycles. The number of halogens is 1. The molecule has 0 saturated heterocycles. The molecule has 1 aromatic carbocycles. The third kappa shape index (κ3) is 7.14. The van der Waals surface area contributed by atoms with Crippen molar-refractivity contribution in [1.29, 1.82) is 0 Å². The van der Waals surface area contributed by atoms with Crippen molar-refractivity contribution in [2.45, 2.75) is 39.0 Å². The molecule has 0 radical (unpaired) electrons. The minimum absolute atomic E-state index is 0.580. The van der Waals surface area contributed by atoms with Crippen LogP contribution in [-0.2, 0) is 0 Å². The van der Waals surface area contributed by atoms with Crippen LogP contribution in [0.15, 0.2) is 29.3 Å². The van der Waals surface area contributed by atoms with E-state index in [0.717, 1.165) is 17.0 Å². The molecule has 18 heavy (non-hydrogen) atoms.